The largest absolute Gasteiger partial charge is 0.347 e. The molecule has 2 rings (SSSR count). The SMILES string of the molecule is Cc1cc(NC(=O)CNC(=O)CCS(=O)(=O)C2CCCC2)ccc1Br. The fourth-order valence-corrected chi connectivity index (χ4v) is 4.95. The van der Waals surface area contributed by atoms with Crippen LogP contribution < -0.4 is 10.6 Å². The van der Waals surface area contributed by atoms with E-state index in [-0.39, 0.29) is 29.9 Å². The molecular weight excluding hydrogens is 408 g/mol. The quantitative estimate of drug-likeness (QED) is 0.694. The van der Waals surface area contributed by atoms with Gasteiger partial charge in [0.05, 0.1) is 17.5 Å². The van der Waals surface area contributed by atoms with Gasteiger partial charge in [0.1, 0.15) is 0 Å². The van der Waals surface area contributed by atoms with Crippen molar-refractivity contribution in [1.29, 1.82) is 0 Å². The molecule has 2 amide bonds. The first-order valence-corrected chi connectivity index (χ1v) is 10.8. The average Bonchev–Trinajstić information content (AvgIpc) is 3.10. The summed E-state index contributed by atoms with van der Waals surface area (Å²) in [6, 6.07) is 5.40. The first kappa shape index (κ1) is 19.9. The maximum Gasteiger partial charge on any atom is 0.243 e. The number of nitrogens with one attached hydrogen (secondary N) is 2. The third-order valence-corrected chi connectivity index (χ3v) is 7.46. The highest BCUT2D eigenvalue weighted by Gasteiger charge is 2.28. The van der Waals surface area contributed by atoms with E-state index in [0.29, 0.717) is 18.5 Å². The third-order valence-electron chi connectivity index (χ3n) is 4.31. The highest BCUT2D eigenvalue weighted by Crippen LogP contribution is 2.25. The molecule has 0 aromatic heterocycles. The number of rotatable bonds is 7. The summed E-state index contributed by atoms with van der Waals surface area (Å²) in [5.41, 5.74) is 1.63. The van der Waals surface area contributed by atoms with Crippen LogP contribution in [0.2, 0.25) is 0 Å². The Labute approximate surface area is 156 Å². The molecule has 8 heteroatoms. The minimum atomic E-state index is -3.22. The molecule has 1 fully saturated rings. The maximum absolute atomic E-state index is 12.1. The van der Waals surface area contributed by atoms with Crippen LogP contribution in [0.5, 0.6) is 0 Å². The number of hydrogen-bond donors (Lipinski definition) is 2. The lowest BCUT2D eigenvalue weighted by atomic mass is 10.2. The summed E-state index contributed by atoms with van der Waals surface area (Å²) in [6.07, 6.45) is 3.15. The van der Waals surface area contributed by atoms with Crippen molar-refractivity contribution in [2.24, 2.45) is 0 Å². The van der Waals surface area contributed by atoms with Crippen molar-refractivity contribution in [2.75, 3.05) is 17.6 Å². The number of hydrogen-bond acceptors (Lipinski definition) is 4. The molecule has 138 valence electrons. The number of amides is 2. The first-order chi connectivity index (χ1) is 11.8. The average molecular weight is 431 g/mol. The molecule has 1 saturated carbocycles. The van der Waals surface area contributed by atoms with Crippen molar-refractivity contribution in [2.45, 2.75) is 44.3 Å². The second-order valence-corrected chi connectivity index (χ2v) is 9.57. The number of halogens is 1. The lowest BCUT2D eigenvalue weighted by Crippen LogP contribution is -2.34. The number of benzene rings is 1. The molecule has 0 spiro atoms. The van der Waals surface area contributed by atoms with Gasteiger partial charge >= 0.3 is 0 Å². The Bertz CT molecular complexity index is 743. The predicted octanol–water partition coefficient (Wildman–Crippen LogP) is 2.56. The zero-order valence-electron chi connectivity index (χ0n) is 14.2. The van der Waals surface area contributed by atoms with Crippen LogP contribution in [-0.4, -0.2) is 37.8 Å². The lowest BCUT2D eigenvalue weighted by Gasteiger charge is -2.11. The highest BCUT2D eigenvalue weighted by atomic mass is 79.9. The summed E-state index contributed by atoms with van der Waals surface area (Å²) in [4.78, 5) is 23.7. The molecule has 2 N–H and O–H groups in total. The van der Waals surface area contributed by atoms with Gasteiger partial charge in [0.2, 0.25) is 11.8 Å². The van der Waals surface area contributed by atoms with Crippen LogP contribution in [0.3, 0.4) is 0 Å². The molecule has 0 bridgehead atoms. The van der Waals surface area contributed by atoms with Crippen LogP contribution in [0.1, 0.15) is 37.7 Å². The molecule has 0 atom stereocenters. The Kier molecular flexibility index (Phi) is 7.01. The first-order valence-electron chi connectivity index (χ1n) is 8.32. The van der Waals surface area contributed by atoms with Gasteiger partial charge in [0, 0.05) is 16.6 Å². The van der Waals surface area contributed by atoms with E-state index in [1.807, 2.05) is 19.1 Å². The molecule has 0 saturated heterocycles. The number of anilines is 1. The van der Waals surface area contributed by atoms with E-state index in [1.54, 1.807) is 6.07 Å². The van der Waals surface area contributed by atoms with Crippen molar-refractivity contribution in [3.8, 4) is 0 Å². The van der Waals surface area contributed by atoms with Crippen LogP contribution in [0.25, 0.3) is 0 Å². The summed E-state index contributed by atoms with van der Waals surface area (Å²) in [5.74, 6) is -0.936. The molecule has 1 aliphatic carbocycles. The van der Waals surface area contributed by atoms with Gasteiger partial charge in [0.25, 0.3) is 0 Å². The molecule has 0 heterocycles. The van der Waals surface area contributed by atoms with Gasteiger partial charge in [-0.2, -0.15) is 0 Å². The van der Waals surface area contributed by atoms with Gasteiger partial charge in [-0.3, -0.25) is 9.59 Å². The Morgan fingerprint density at radius 2 is 1.88 bits per heavy atom. The van der Waals surface area contributed by atoms with Gasteiger partial charge in [-0.05, 0) is 43.5 Å². The van der Waals surface area contributed by atoms with Crippen molar-refractivity contribution in [3.05, 3.63) is 28.2 Å². The Morgan fingerprint density at radius 1 is 1.20 bits per heavy atom. The van der Waals surface area contributed by atoms with Crippen molar-refractivity contribution < 1.29 is 18.0 Å². The number of carbonyl (C=O) groups excluding carboxylic acids is 2. The van der Waals surface area contributed by atoms with E-state index in [2.05, 4.69) is 26.6 Å². The molecule has 1 aromatic rings. The van der Waals surface area contributed by atoms with Gasteiger partial charge in [-0.15, -0.1) is 0 Å². The third kappa shape index (κ3) is 6.11. The molecule has 0 aliphatic heterocycles. The van der Waals surface area contributed by atoms with Gasteiger partial charge in [-0.25, -0.2) is 8.42 Å². The van der Waals surface area contributed by atoms with Crippen molar-refractivity contribution >= 4 is 43.3 Å². The summed E-state index contributed by atoms with van der Waals surface area (Å²) in [5, 5.41) is 4.86. The van der Waals surface area contributed by atoms with Gasteiger partial charge in [0.15, 0.2) is 9.84 Å². The van der Waals surface area contributed by atoms with Gasteiger partial charge < -0.3 is 10.6 Å². The van der Waals surface area contributed by atoms with Crippen LogP contribution in [0.4, 0.5) is 5.69 Å². The predicted molar refractivity (Wildman–Crippen MR) is 101 cm³/mol. The number of sulfone groups is 1. The van der Waals surface area contributed by atoms with Crippen molar-refractivity contribution in [1.82, 2.24) is 5.32 Å². The van der Waals surface area contributed by atoms with Gasteiger partial charge in [-0.1, -0.05) is 28.8 Å². The molecule has 1 aliphatic rings. The molecule has 1 aromatic carbocycles. The van der Waals surface area contributed by atoms with E-state index in [9.17, 15) is 18.0 Å². The molecule has 0 unspecified atom stereocenters. The van der Waals surface area contributed by atoms with E-state index in [4.69, 9.17) is 0 Å². The Hall–Kier alpha value is -1.41. The molecule has 6 nitrogen and oxygen atoms in total. The van der Waals surface area contributed by atoms with Crippen LogP contribution in [0.15, 0.2) is 22.7 Å². The van der Waals surface area contributed by atoms with Crippen LogP contribution >= 0.6 is 15.9 Å². The monoisotopic (exact) mass is 430 g/mol. The van der Waals surface area contributed by atoms with E-state index in [1.165, 1.54) is 0 Å². The standard InChI is InChI=1S/C17H23BrN2O4S/c1-12-10-13(6-7-15(12)18)20-17(22)11-19-16(21)8-9-25(23,24)14-4-2-3-5-14/h6-7,10,14H,2-5,8-9,11H2,1H3,(H,19,21)(H,20,22). The summed E-state index contributed by atoms with van der Waals surface area (Å²) in [6.45, 7) is 1.73. The topological polar surface area (TPSA) is 92.3 Å². The zero-order chi connectivity index (χ0) is 18.4. The summed E-state index contributed by atoms with van der Waals surface area (Å²) >= 11 is 3.38. The second kappa shape index (κ2) is 8.80. The minimum Gasteiger partial charge on any atom is -0.347 e. The normalized spacial score (nSPS) is 15.1. The summed E-state index contributed by atoms with van der Waals surface area (Å²) in [7, 11) is -3.22. The zero-order valence-corrected chi connectivity index (χ0v) is 16.6. The fourth-order valence-electron chi connectivity index (χ4n) is 2.84. The smallest absolute Gasteiger partial charge is 0.243 e. The molecule has 0 radical (unpaired) electrons. The maximum atomic E-state index is 12.1. The second-order valence-electron chi connectivity index (χ2n) is 6.31. The van der Waals surface area contributed by atoms with E-state index >= 15 is 0 Å². The lowest BCUT2D eigenvalue weighted by molar-refractivity contribution is -0.123. The number of carbonyl (C=O) groups is 2. The summed E-state index contributed by atoms with van der Waals surface area (Å²) < 4.78 is 25.2. The fraction of sp³-hybridized carbons (Fsp3) is 0.529. The van der Waals surface area contributed by atoms with Crippen LogP contribution in [-0.2, 0) is 19.4 Å². The van der Waals surface area contributed by atoms with Crippen LogP contribution in [0, 0.1) is 6.92 Å². The van der Waals surface area contributed by atoms with Crippen molar-refractivity contribution in [3.63, 3.8) is 0 Å². The minimum absolute atomic E-state index is 0.108. The Balaban J connectivity index is 1.73. The molecular formula is C17H23BrN2O4S. The Morgan fingerprint density at radius 3 is 2.52 bits per heavy atom. The van der Waals surface area contributed by atoms with E-state index < -0.39 is 15.7 Å². The molecule has 25 heavy (non-hydrogen) atoms. The van der Waals surface area contributed by atoms with E-state index in [0.717, 1.165) is 22.9 Å². The highest BCUT2D eigenvalue weighted by molar-refractivity contribution is 9.10. The number of aryl methyl sites for hydroxylation is 1.